The van der Waals surface area contributed by atoms with Gasteiger partial charge in [-0.1, -0.05) is 0 Å². The minimum atomic E-state index is -0.377. The van der Waals surface area contributed by atoms with Crippen molar-refractivity contribution in [3.8, 4) is 0 Å². The van der Waals surface area contributed by atoms with Gasteiger partial charge in [-0.2, -0.15) is 10.2 Å². The van der Waals surface area contributed by atoms with E-state index < -0.39 is 0 Å². The Morgan fingerprint density at radius 2 is 2.23 bits per heavy atom. The van der Waals surface area contributed by atoms with Gasteiger partial charge in [-0.05, 0) is 30.7 Å². The van der Waals surface area contributed by atoms with Crippen LogP contribution >= 0.6 is 0 Å². The first-order valence-electron chi connectivity index (χ1n) is 8.21. The molecule has 2 amide bonds. The number of amides is 2. The highest BCUT2D eigenvalue weighted by Gasteiger charge is 2.29. The molecule has 1 unspecified atom stereocenters. The third kappa shape index (κ3) is 2.83. The Kier molecular flexibility index (Phi) is 3.96. The Morgan fingerprint density at radius 3 is 2.92 bits per heavy atom. The molecule has 0 saturated heterocycles. The van der Waals surface area contributed by atoms with Gasteiger partial charge in [0.25, 0.3) is 5.91 Å². The van der Waals surface area contributed by atoms with Crippen molar-refractivity contribution in [1.82, 2.24) is 25.0 Å². The van der Waals surface area contributed by atoms with Crippen LogP contribution < -0.4 is 10.2 Å². The standard InChI is InChI=1S/C17H17N7O2/c1-11(25)23-8-5-15(24-7-2-6-20-24)13-9-12(3-4-14(13)23)21-17(26)16-18-10-19-22-16/h2-4,6-7,9-10,15H,5,8H2,1H3,(H,21,26)(H,18,19,22). The summed E-state index contributed by atoms with van der Waals surface area (Å²) in [5, 5.41) is 13.4. The Morgan fingerprint density at radius 1 is 1.35 bits per heavy atom. The number of carbonyl (C=O) groups excluding carboxylic acids is 2. The van der Waals surface area contributed by atoms with Gasteiger partial charge in [0.15, 0.2) is 0 Å². The zero-order valence-electron chi connectivity index (χ0n) is 14.1. The van der Waals surface area contributed by atoms with E-state index in [1.54, 1.807) is 24.1 Å². The number of nitrogens with one attached hydrogen (secondary N) is 2. The van der Waals surface area contributed by atoms with Gasteiger partial charge in [0, 0.05) is 42.8 Å². The van der Waals surface area contributed by atoms with Crippen molar-refractivity contribution < 1.29 is 9.59 Å². The lowest BCUT2D eigenvalue weighted by Gasteiger charge is -2.34. The van der Waals surface area contributed by atoms with Crippen molar-refractivity contribution in [1.29, 1.82) is 0 Å². The van der Waals surface area contributed by atoms with Crippen LogP contribution in [-0.4, -0.2) is 43.3 Å². The molecule has 9 nitrogen and oxygen atoms in total. The van der Waals surface area contributed by atoms with Crippen LogP contribution in [0.4, 0.5) is 11.4 Å². The van der Waals surface area contributed by atoms with Crippen LogP contribution in [0.15, 0.2) is 43.0 Å². The molecule has 0 bridgehead atoms. The van der Waals surface area contributed by atoms with E-state index >= 15 is 0 Å². The number of hydrogen-bond acceptors (Lipinski definition) is 5. The highest BCUT2D eigenvalue weighted by molar-refractivity contribution is 6.02. The average molecular weight is 351 g/mol. The largest absolute Gasteiger partial charge is 0.319 e. The Hall–Kier alpha value is -3.49. The maximum atomic E-state index is 12.2. The summed E-state index contributed by atoms with van der Waals surface area (Å²) in [4.78, 5) is 29.8. The van der Waals surface area contributed by atoms with Crippen LogP contribution in [0.3, 0.4) is 0 Å². The van der Waals surface area contributed by atoms with Crippen molar-refractivity contribution in [2.24, 2.45) is 0 Å². The van der Waals surface area contributed by atoms with E-state index in [1.807, 2.05) is 29.1 Å². The molecule has 132 valence electrons. The van der Waals surface area contributed by atoms with Gasteiger partial charge in [-0.3, -0.25) is 19.4 Å². The number of aromatic nitrogens is 5. The predicted octanol–water partition coefficient (Wildman–Crippen LogP) is 1.60. The molecule has 0 aliphatic carbocycles. The van der Waals surface area contributed by atoms with Gasteiger partial charge in [0.1, 0.15) is 6.33 Å². The minimum Gasteiger partial charge on any atom is -0.319 e. The summed E-state index contributed by atoms with van der Waals surface area (Å²) in [5.74, 6) is -0.252. The highest BCUT2D eigenvalue weighted by Crippen LogP contribution is 2.37. The molecule has 3 heterocycles. The second-order valence-corrected chi connectivity index (χ2v) is 6.02. The lowest BCUT2D eigenvalue weighted by molar-refractivity contribution is -0.116. The third-order valence-electron chi connectivity index (χ3n) is 4.42. The third-order valence-corrected chi connectivity index (χ3v) is 4.42. The van der Waals surface area contributed by atoms with Crippen molar-refractivity contribution in [2.45, 2.75) is 19.4 Å². The highest BCUT2D eigenvalue weighted by atomic mass is 16.2. The first-order valence-corrected chi connectivity index (χ1v) is 8.21. The van der Waals surface area contributed by atoms with Gasteiger partial charge in [-0.25, -0.2) is 4.98 Å². The Labute approximate surface area is 149 Å². The monoisotopic (exact) mass is 351 g/mol. The topological polar surface area (TPSA) is 109 Å². The number of aromatic amines is 1. The van der Waals surface area contributed by atoms with Crippen molar-refractivity contribution in [3.05, 3.63) is 54.4 Å². The minimum absolute atomic E-state index is 0.00210. The van der Waals surface area contributed by atoms with Crippen LogP contribution in [0.5, 0.6) is 0 Å². The number of fused-ring (bicyclic) bond motifs is 1. The molecule has 26 heavy (non-hydrogen) atoms. The second-order valence-electron chi connectivity index (χ2n) is 6.02. The molecule has 9 heteroatoms. The Bertz CT molecular complexity index is 934. The summed E-state index contributed by atoms with van der Waals surface area (Å²) in [5.41, 5.74) is 2.39. The first-order chi connectivity index (χ1) is 12.6. The number of anilines is 2. The molecule has 0 saturated carbocycles. The van der Waals surface area contributed by atoms with E-state index in [-0.39, 0.29) is 23.7 Å². The number of rotatable bonds is 3. The Balaban J connectivity index is 1.70. The summed E-state index contributed by atoms with van der Waals surface area (Å²) in [7, 11) is 0. The molecule has 0 spiro atoms. The fourth-order valence-electron chi connectivity index (χ4n) is 3.24. The van der Waals surface area contributed by atoms with Crippen LogP contribution in [-0.2, 0) is 4.79 Å². The average Bonchev–Trinajstić information content (AvgIpc) is 3.34. The molecule has 2 N–H and O–H groups in total. The van der Waals surface area contributed by atoms with E-state index in [9.17, 15) is 9.59 Å². The molecule has 3 aromatic rings. The number of H-pyrrole nitrogens is 1. The zero-order valence-corrected chi connectivity index (χ0v) is 14.1. The fraction of sp³-hybridized carbons (Fsp3) is 0.235. The van der Waals surface area contributed by atoms with E-state index in [1.165, 1.54) is 6.33 Å². The fourth-order valence-corrected chi connectivity index (χ4v) is 3.24. The van der Waals surface area contributed by atoms with Gasteiger partial charge < -0.3 is 10.2 Å². The molecule has 1 aromatic carbocycles. The van der Waals surface area contributed by atoms with Gasteiger partial charge in [-0.15, -0.1) is 0 Å². The summed E-state index contributed by atoms with van der Waals surface area (Å²) >= 11 is 0. The number of benzene rings is 1. The number of hydrogen-bond donors (Lipinski definition) is 2. The number of nitrogens with zero attached hydrogens (tertiary/aromatic N) is 5. The summed E-state index contributed by atoms with van der Waals surface area (Å²) in [6.45, 7) is 2.17. The van der Waals surface area contributed by atoms with Crippen molar-refractivity contribution in [3.63, 3.8) is 0 Å². The van der Waals surface area contributed by atoms with Gasteiger partial charge in [0.05, 0.1) is 6.04 Å². The smallest absolute Gasteiger partial charge is 0.292 e. The van der Waals surface area contributed by atoms with E-state index in [0.29, 0.717) is 12.2 Å². The lowest BCUT2D eigenvalue weighted by Crippen LogP contribution is -2.36. The summed E-state index contributed by atoms with van der Waals surface area (Å²) < 4.78 is 1.87. The van der Waals surface area contributed by atoms with Crippen molar-refractivity contribution >= 4 is 23.2 Å². The zero-order chi connectivity index (χ0) is 18.1. The van der Waals surface area contributed by atoms with E-state index in [4.69, 9.17) is 0 Å². The van der Waals surface area contributed by atoms with Crippen LogP contribution in [0, 0.1) is 0 Å². The van der Waals surface area contributed by atoms with E-state index in [2.05, 4.69) is 25.6 Å². The second kappa shape index (κ2) is 6.43. The molecule has 2 aromatic heterocycles. The SMILES string of the molecule is CC(=O)N1CCC(n2cccn2)c2cc(NC(=O)c3ncn[nH]3)ccc21. The van der Waals surface area contributed by atoms with Crippen molar-refractivity contribution in [2.75, 3.05) is 16.8 Å². The van der Waals surface area contributed by atoms with E-state index in [0.717, 1.165) is 17.7 Å². The number of carbonyl (C=O) groups is 2. The normalized spacial score (nSPS) is 16.2. The van der Waals surface area contributed by atoms with Gasteiger partial charge in [0.2, 0.25) is 11.7 Å². The van der Waals surface area contributed by atoms with Gasteiger partial charge >= 0.3 is 0 Å². The van der Waals surface area contributed by atoms with Crippen LogP contribution in [0.1, 0.15) is 35.6 Å². The molecule has 0 radical (unpaired) electrons. The molecular formula is C17H17N7O2. The first kappa shape index (κ1) is 16.0. The van der Waals surface area contributed by atoms with Crippen LogP contribution in [0.2, 0.25) is 0 Å². The van der Waals surface area contributed by atoms with Crippen LogP contribution in [0.25, 0.3) is 0 Å². The summed E-state index contributed by atoms with van der Waals surface area (Å²) in [6.07, 6.45) is 5.65. The lowest BCUT2D eigenvalue weighted by atomic mass is 9.95. The molecule has 1 atom stereocenters. The quantitative estimate of drug-likeness (QED) is 0.745. The summed E-state index contributed by atoms with van der Waals surface area (Å²) in [6, 6.07) is 7.37. The molecule has 0 fully saturated rings. The molecule has 1 aliphatic rings. The molecule has 4 rings (SSSR count). The molecule has 1 aliphatic heterocycles. The maximum Gasteiger partial charge on any atom is 0.292 e. The maximum absolute atomic E-state index is 12.2. The molecular weight excluding hydrogens is 334 g/mol. The predicted molar refractivity (Wildman–Crippen MR) is 93.8 cm³/mol.